The van der Waals surface area contributed by atoms with Crippen molar-refractivity contribution in [3.05, 3.63) is 0 Å². The highest BCUT2D eigenvalue weighted by Gasteiger charge is 2.32. The second kappa shape index (κ2) is 6.47. The fourth-order valence-electron chi connectivity index (χ4n) is 2.58. The van der Waals surface area contributed by atoms with Crippen LogP contribution < -0.4 is 10.6 Å². The second-order valence-corrected chi connectivity index (χ2v) is 8.30. The highest BCUT2D eigenvalue weighted by molar-refractivity contribution is 7.89. The minimum absolute atomic E-state index is 0.0629. The summed E-state index contributed by atoms with van der Waals surface area (Å²) < 4.78 is 30.1. The number of nitrogens with two attached hydrogens (primary N) is 1. The molecule has 0 spiro atoms. The van der Waals surface area contributed by atoms with Gasteiger partial charge in [-0.25, -0.2) is 12.7 Å². The Kier molecular flexibility index (Phi) is 5.07. The first-order valence-corrected chi connectivity index (χ1v) is 9.12. The Balaban J connectivity index is 2.33. The highest BCUT2D eigenvalue weighted by Crippen LogP contribution is 2.38. The normalized spacial score (nSPS) is 20.2. The summed E-state index contributed by atoms with van der Waals surface area (Å²) in [6, 6.07) is 0. The summed E-state index contributed by atoms with van der Waals surface area (Å²) in [5.74, 6) is 0.440. The topological polar surface area (TPSA) is 99.8 Å². The van der Waals surface area contributed by atoms with Crippen molar-refractivity contribution in [2.24, 2.45) is 5.92 Å². The number of nitrogens with zero attached hydrogens (tertiary/aromatic N) is 3. The first-order valence-electron chi connectivity index (χ1n) is 6.91. The number of hydrogen-bond acceptors (Lipinski definition) is 7. The van der Waals surface area contributed by atoms with E-state index >= 15 is 0 Å². The van der Waals surface area contributed by atoms with Gasteiger partial charge in [0.15, 0.2) is 10.7 Å². The van der Waals surface area contributed by atoms with Gasteiger partial charge in [0.2, 0.25) is 10.0 Å². The third-order valence-electron chi connectivity index (χ3n) is 3.74. The van der Waals surface area contributed by atoms with Crippen LogP contribution in [0.5, 0.6) is 0 Å². The molecule has 0 aromatic carbocycles. The van der Waals surface area contributed by atoms with Crippen LogP contribution in [0.1, 0.15) is 19.3 Å². The maximum absolute atomic E-state index is 12.4. The van der Waals surface area contributed by atoms with E-state index in [0.29, 0.717) is 10.9 Å². The van der Waals surface area contributed by atoms with Crippen LogP contribution in [0.15, 0.2) is 4.90 Å². The molecule has 1 aromatic rings. The molecule has 1 aromatic heterocycles. The van der Waals surface area contributed by atoms with Crippen LogP contribution in [0.3, 0.4) is 0 Å². The molecule has 2 heterocycles. The number of nitrogen functional groups attached to an aromatic ring is 1. The minimum atomic E-state index is -3.61. The molecule has 9 heteroatoms. The van der Waals surface area contributed by atoms with Gasteiger partial charge in [0.05, 0.1) is 0 Å². The second-order valence-electron chi connectivity index (χ2n) is 5.46. The zero-order valence-electron chi connectivity index (χ0n) is 12.3. The lowest BCUT2D eigenvalue weighted by molar-refractivity contribution is 0.244. The lowest BCUT2D eigenvalue weighted by atomic mass is 9.95. The summed E-state index contributed by atoms with van der Waals surface area (Å²) in [5, 5.41) is 9.70. The van der Waals surface area contributed by atoms with Crippen molar-refractivity contribution in [1.82, 2.24) is 8.68 Å². The molecule has 21 heavy (non-hydrogen) atoms. The molecule has 0 radical (unpaired) electrons. The molecular formula is C12H22N4O3S2. The Morgan fingerprint density at radius 1 is 1.52 bits per heavy atom. The van der Waals surface area contributed by atoms with Crippen LogP contribution in [0.25, 0.3) is 0 Å². The van der Waals surface area contributed by atoms with Crippen molar-refractivity contribution in [2.45, 2.75) is 24.2 Å². The zero-order valence-corrected chi connectivity index (χ0v) is 14.0. The van der Waals surface area contributed by atoms with E-state index in [1.807, 2.05) is 4.90 Å². The lowest BCUT2D eigenvalue weighted by Gasteiger charge is -2.33. The molecule has 7 nitrogen and oxygen atoms in total. The molecule has 1 aliphatic rings. The van der Waals surface area contributed by atoms with Crippen molar-refractivity contribution in [2.75, 3.05) is 44.4 Å². The van der Waals surface area contributed by atoms with Gasteiger partial charge in [0.1, 0.15) is 5.00 Å². The Hall–Kier alpha value is -0.900. The van der Waals surface area contributed by atoms with Crippen LogP contribution in [-0.2, 0) is 10.0 Å². The monoisotopic (exact) mass is 334 g/mol. The number of aromatic nitrogens is 1. The van der Waals surface area contributed by atoms with Crippen LogP contribution >= 0.6 is 11.5 Å². The standard InChI is InChI=1S/C12H22N4O3S2/c1-15(2)21(18,19)10-11(13)14-20-12(10)16-6-3-4-9(8-16)5-7-17/h9,17H,3-8H2,1-2H3,(H2,13,14). The van der Waals surface area contributed by atoms with Crippen LogP contribution in [0.2, 0.25) is 0 Å². The van der Waals surface area contributed by atoms with E-state index < -0.39 is 10.0 Å². The van der Waals surface area contributed by atoms with Crippen LogP contribution in [0, 0.1) is 5.92 Å². The van der Waals surface area contributed by atoms with Crippen molar-refractivity contribution in [1.29, 1.82) is 0 Å². The van der Waals surface area contributed by atoms with Gasteiger partial charge < -0.3 is 15.7 Å². The number of hydrogen-bond donors (Lipinski definition) is 2. The van der Waals surface area contributed by atoms with E-state index in [1.54, 1.807) is 0 Å². The summed E-state index contributed by atoms with van der Waals surface area (Å²) in [6.07, 6.45) is 2.77. The van der Waals surface area contributed by atoms with E-state index in [4.69, 9.17) is 10.8 Å². The average Bonchev–Trinajstić information content (AvgIpc) is 2.82. The van der Waals surface area contributed by atoms with E-state index in [2.05, 4.69) is 4.37 Å². The summed E-state index contributed by atoms with van der Waals surface area (Å²) in [7, 11) is -0.635. The highest BCUT2D eigenvalue weighted by atomic mass is 32.2. The van der Waals surface area contributed by atoms with Gasteiger partial charge in [-0.15, -0.1) is 0 Å². The summed E-state index contributed by atoms with van der Waals surface area (Å²) in [6.45, 7) is 1.68. The maximum Gasteiger partial charge on any atom is 0.249 e. The van der Waals surface area contributed by atoms with Crippen molar-refractivity contribution < 1.29 is 13.5 Å². The predicted molar refractivity (Wildman–Crippen MR) is 84.0 cm³/mol. The molecule has 120 valence electrons. The summed E-state index contributed by atoms with van der Waals surface area (Å²) in [5.41, 5.74) is 5.79. The molecule has 1 atom stereocenters. The van der Waals surface area contributed by atoms with Gasteiger partial charge in [-0.05, 0) is 36.7 Å². The Morgan fingerprint density at radius 2 is 2.24 bits per heavy atom. The molecule has 1 fully saturated rings. The van der Waals surface area contributed by atoms with Crippen molar-refractivity contribution in [3.8, 4) is 0 Å². The number of anilines is 2. The first-order chi connectivity index (χ1) is 9.87. The third-order valence-corrected chi connectivity index (χ3v) is 6.67. The van der Waals surface area contributed by atoms with Gasteiger partial charge in [-0.1, -0.05) is 0 Å². The Morgan fingerprint density at radius 3 is 2.86 bits per heavy atom. The van der Waals surface area contributed by atoms with Crippen molar-refractivity contribution >= 4 is 32.4 Å². The smallest absolute Gasteiger partial charge is 0.249 e. The van der Waals surface area contributed by atoms with Gasteiger partial charge in [-0.2, -0.15) is 4.37 Å². The quantitative estimate of drug-likeness (QED) is 0.817. The molecule has 0 amide bonds. The predicted octanol–water partition coefficient (Wildman–Crippen LogP) is 0.574. The maximum atomic E-state index is 12.4. The van der Waals surface area contributed by atoms with E-state index in [9.17, 15) is 8.42 Å². The van der Waals surface area contributed by atoms with E-state index in [1.165, 1.54) is 14.1 Å². The van der Waals surface area contributed by atoms with Gasteiger partial charge in [0.25, 0.3) is 0 Å². The van der Waals surface area contributed by atoms with Crippen LogP contribution in [-0.4, -0.2) is 56.0 Å². The van der Waals surface area contributed by atoms with Gasteiger partial charge in [0, 0.05) is 33.8 Å². The number of rotatable bonds is 5. The van der Waals surface area contributed by atoms with E-state index in [-0.39, 0.29) is 17.3 Å². The fraction of sp³-hybridized carbons (Fsp3) is 0.750. The molecule has 2 rings (SSSR count). The van der Waals surface area contributed by atoms with Gasteiger partial charge >= 0.3 is 0 Å². The first kappa shape index (κ1) is 16.5. The number of aliphatic hydroxyl groups is 1. The van der Waals surface area contributed by atoms with Gasteiger partial charge in [-0.3, -0.25) is 0 Å². The summed E-state index contributed by atoms with van der Waals surface area (Å²) >= 11 is 1.13. The van der Waals surface area contributed by atoms with E-state index in [0.717, 1.165) is 48.2 Å². The largest absolute Gasteiger partial charge is 0.396 e. The SMILES string of the molecule is CN(C)S(=O)(=O)c1c(N)nsc1N1CCCC(CCO)C1. The summed E-state index contributed by atoms with van der Waals surface area (Å²) in [4.78, 5) is 2.15. The molecular weight excluding hydrogens is 312 g/mol. The number of aliphatic hydroxyl groups excluding tert-OH is 1. The molecule has 1 aliphatic heterocycles. The molecule has 3 N–H and O–H groups in total. The van der Waals surface area contributed by atoms with Crippen LogP contribution in [0.4, 0.5) is 10.8 Å². The average molecular weight is 334 g/mol. The molecule has 1 unspecified atom stereocenters. The minimum Gasteiger partial charge on any atom is -0.396 e. The fourth-order valence-corrected chi connectivity index (χ4v) is 4.83. The molecule has 0 saturated carbocycles. The Bertz CT molecular complexity index is 583. The molecule has 0 bridgehead atoms. The number of piperidine rings is 1. The third kappa shape index (κ3) is 3.31. The molecule has 1 saturated heterocycles. The van der Waals surface area contributed by atoms with Crippen molar-refractivity contribution in [3.63, 3.8) is 0 Å². The molecule has 0 aliphatic carbocycles. The zero-order chi connectivity index (χ0) is 15.6. The number of sulfonamides is 1. The lowest BCUT2D eigenvalue weighted by Crippen LogP contribution is -2.36. The Labute approximate surface area is 129 Å².